The lowest BCUT2D eigenvalue weighted by molar-refractivity contribution is 0.0280. The smallest absolute Gasteiger partial charge is 0.339 e. The Balaban J connectivity index is 1.45. The van der Waals surface area contributed by atoms with Crippen molar-refractivity contribution in [1.82, 2.24) is 0 Å². The van der Waals surface area contributed by atoms with E-state index in [1.165, 1.54) is 18.2 Å². The highest BCUT2D eigenvalue weighted by atomic mass is 16.5. The third kappa shape index (κ3) is 4.45. The molecule has 0 aromatic heterocycles. The molecule has 4 aromatic carbocycles. The van der Waals surface area contributed by atoms with Crippen LogP contribution in [0.3, 0.4) is 0 Å². The van der Waals surface area contributed by atoms with E-state index in [2.05, 4.69) is 0 Å². The number of anilines is 1. The van der Waals surface area contributed by atoms with Crippen LogP contribution in [0.15, 0.2) is 97.1 Å². The van der Waals surface area contributed by atoms with Gasteiger partial charge < -0.3 is 4.74 Å². The second kappa shape index (κ2) is 9.66. The summed E-state index contributed by atoms with van der Waals surface area (Å²) in [6.07, 6.45) is -1.17. The summed E-state index contributed by atoms with van der Waals surface area (Å²) in [5.41, 5.74) is 3.63. The highest BCUT2D eigenvalue weighted by Crippen LogP contribution is 2.32. The Kier molecular flexibility index (Phi) is 6.24. The van der Waals surface area contributed by atoms with Crippen LogP contribution in [0.2, 0.25) is 0 Å². The molecule has 1 heterocycles. The molecule has 0 spiro atoms. The molecule has 4 aromatic rings. The van der Waals surface area contributed by atoms with E-state index in [0.29, 0.717) is 16.8 Å². The molecule has 2 amide bonds. The van der Waals surface area contributed by atoms with Crippen LogP contribution in [0.25, 0.3) is 0 Å². The first-order valence-corrected chi connectivity index (χ1v) is 11.8. The van der Waals surface area contributed by atoms with Gasteiger partial charge in [-0.3, -0.25) is 14.4 Å². The summed E-state index contributed by atoms with van der Waals surface area (Å²) < 4.78 is 5.71. The zero-order chi connectivity index (χ0) is 26.1. The molecule has 0 saturated carbocycles. The molecule has 0 radical (unpaired) electrons. The van der Waals surface area contributed by atoms with Crippen molar-refractivity contribution in [2.24, 2.45) is 0 Å². The molecule has 0 bridgehead atoms. The minimum atomic E-state index is -1.17. The summed E-state index contributed by atoms with van der Waals surface area (Å²) in [7, 11) is 0. The van der Waals surface area contributed by atoms with Crippen LogP contribution in [0.1, 0.15) is 64.2 Å². The standard InChI is InChI=1S/C31H23NO5/c1-19-13-16-26(20(2)17-19)32-29(34)24-15-14-23(18-25(24)30(32)35)31(36)37-28(22-11-7-4-8-12-22)27(33)21-9-5-3-6-10-21/h3-18,28H,1-2H3/t28-/m1/s1. The van der Waals surface area contributed by atoms with Crippen LogP contribution >= 0.6 is 0 Å². The summed E-state index contributed by atoms with van der Waals surface area (Å²) in [6.45, 7) is 3.77. The van der Waals surface area contributed by atoms with Gasteiger partial charge in [-0.15, -0.1) is 0 Å². The van der Waals surface area contributed by atoms with Crippen LogP contribution in [0, 0.1) is 13.8 Å². The molecule has 182 valence electrons. The van der Waals surface area contributed by atoms with Gasteiger partial charge in [-0.05, 0) is 43.7 Å². The Hall–Kier alpha value is -4.84. The maximum absolute atomic E-state index is 13.3. The van der Waals surface area contributed by atoms with Gasteiger partial charge in [-0.2, -0.15) is 0 Å². The number of carbonyl (C=O) groups excluding carboxylic acids is 4. The number of Topliss-reactive ketones (excluding diaryl/α,β-unsaturated/α-hetero) is 1. The average molecular weight is 490 g/mol. The number of hydrogen-bond donors (Lipinski definition) is 0. The van der Waals surface area contributed by atoms with Crippen LogP contribution in [-0.2, 0) is 4.74 Å². The maximum Gasteiger partial charge on any atom is 0.339 e. The molecular weight excluding hydrogens is 466 g/mol. The maximum atomic E-state index is 13.3. The van der Waals surface area contributed by atoms with Crippen molar-refractivity contribution < 1.29 is 23.9 Å². The van der Waals surface area contributed by atoms with Gasteiger partial charge in [0.2, 0.25) is 5.78 Å². The van der Waals surface area contributed by atoms with Gasteiger partial charge in [0.15, 0.2) is 6.10 Å². The van der Waals surface area contributed by atoms with Crippen molar-refractivity contribution in [3.8, 4) is 0 Å². The summed E-state index contributed by atoms with van der Waals surface area (Å²) >= 11 is 0. The minimum absolute atomic E-state index is 0.0733. The largest absolute Gasteiger partial charge is 0.445 e. The molecule has 0 unspecified atom stereocenters. The Morgan fingerprint density at radius 3 is 2.03 bits per heavy atom. The van der Waals surface area contributed by atoms with E-state index < -0.39 is 23.9 Å². The topological polar surface area (TPSA) is 80.8 Å². The zero-order valence-corrected chi connectivity index (χ0v) is 20.3. The van der Waals surface area contributed by atoms with Gasteiger partial charge in [0.1, 0.15) is 0 Å². The summed E-state index contributed by atoms with van der Waals surface area (Å²) in [5.74, 6) is -2.10. The third-order valence-electron chi connectivity index (χ3n) is 6.34. The van der Waals surface area contributed by atoms with Crippen molar-refractivity contribution in [1.29, 1.82) is 0 Å². The predicted octanol–water partition coefficient (Wildman–Crippen LogP) is 5.89. The van der Waals surface area contributed by atoms with E-state index in [9.17, 15) is 19.2 Å². The van der Waals surface area contributed by atoms with E-state index in [1.54, 1.807) is 66.7 Å². The third-order valence-corrected chi connectivity index (χ3v) is 6.34. The number of hydrogen-bond acceptors (Lipinski definition) is 5. The van der Waals surface area contributed by atoms with Crippen LogP contribution in [0.4, 0.5) is 5.69 Å². The van der Waals surface area contributed by atoms with E-state index in [-0.39, 0.29) is 22.5 Å². The van der Waals surface area contributed by atoms with Crippen molar-refractivity contribution in [3.63, 3.8) is 0 Å². The number of esters is 1. The molecule has 1 atom stereocenters. The lowest BCUT2D eigenvalue weighted by Gasteiger charge is -2.18. The van der Waals surface area contributed by atoms with Crippen LogP contribution < -0.4 is 4.90 Å². The molecule has 6 nitrogen and oxygen atoms in total. The van der Waals surface area contributed by atoms with Crippen molar-refractivity contribution in [2.75, 3.05) is 4.90 Å². The second-order valence-corrected chi connectivity index (χ2v) is 8.92. The van der Waals surface area contributed by atoms with Gasteiger partial charge in [-0.25, -0.2) is 9.69 Å². The van der Waals surface area contributed by atoms with Crippen molar-refractivity contribution in [3.05, 3.63) is 136 Å². The van der Waals surface area contributed by atoms with Crippen LogP contribution in [-0.4, -0.2) is 23.6 Å². The summed E-state index contributed by atoms with van der Waals surface area (Å²) in [4.78, 5) is 53.9. The molecule has 1 aliphatic rings. The summed E-state index contributed by atoms with van der Waals surface area (Å²) in [5, 5.41) is 0. The molecule has 6 heteroatoms. The van der Waals surface area contributed by atoms with E-state index in [1.807, 2.05) is 26.0 Å². The number of nitrogens with zero attached hydrogens (tertiary/aromatic N) is 1. The Morgan fingerprint density at radius 1 is 0.703 bits per heavy atom. The predicted molar refractivity (Wildman–Crippen MR) is 139 cm³/mol. The molecule has 1 aliphatic heterocycles. The van der Waals surface area contributed by atoms with Crippen molar-refractivity contribution in [2.45, 2.75) is 20.0 Å². The normalized spacial score (nSPS) is 13.3. The minimum Gasteiger partial charge on any atom is -0.445 e. The monoisotopic (exact) mass is 489 g/mol. The molecule has 0 fully saturated rings. The summed E-state index contributed by atoms with van der Waals surface area (Å²) in [6, 6.07) is 27.1. The number of fused-ring (bicyclic) bond motifs is 1. The quantitative estimate of drug-likeness (QED) is 0.192. The SMILES string of the molecule is Cc1ccc(N2C(=O)c3ccc(C(=O)O[C@@H](C(=O)c4ccccc4)c4ccccc4)cc3C2=O)c(C)c1. The highest BCUT2D eigenvalue weighted by Gasteiger charge is 2.38. The van der Waals surface area contributed by atoms with Crippen molar-refractivity contribution >= 4 is 29.3 Å². The molecule has 0 saturated heterocycles. The Labute approximate surface area is 214 Å². The number of aryl methyl sites for hydroxylation is 2. The van der Waals surface area contributed by atoms with Gasteiger partial charge in [0, 0.05) is 11.1 Å². The lowest BCUT2D eigenvalue weighted by atomic mass is 9.99. The lowest BCUT2D eigenvalue weighted by Crippen LogP contribution is -2.30. The molecule has 0 aliphatic carbocycles. The number of carbonyl (C=O) groups is 4. The van der Waals surface area contributed by atoms with E-state index >= 15 is 0 Å². The molecule has 37 heavy (non-hydrogen) atoms. The van der Waals surface area contributed by atoms with Crippen LogP contribution in [0.5, 0.6) is 0 Å². The first-order valence-electron chi connectivity index (χ1n) is 11.8. The first-order chi connectivity index (χ1) is 17.8. The molecular formula is C31H23NO5. The highest BCUT2D eigenvalue weighted by molar-refractivity contribution is 6.35. The second-order valence-electron chi connectivity index (χ2n) is 8.92. The Morgan fingerprint density at radius 2 is 1.35 bits per heavy atom. The molecule has 5 rings (SSSR count). The number of ketones is 1. The van der Waals surface area contributed by atoms with Gasteiger partial charge in [0.05, 0.1) is 22.4 Å². The fraction of sp³-hybridized carbons (Fsp3) is 0.0968. The number of imide groups is 1. The Bertz CT molecular complexity index is 1540. The number of amides is 2. The van der Waals surface area contributed by atoms with Gasteiger partial charge in [0.25, 0.3) is 11.8 Å². The average Bonchev–Trinajstić information content (AvgIpc) is 3.17. The fourth-order valence-electron chi connectivity index (χ4n) is 4.47. The molecule has 0 N–H and O–H groups in total. The first kappa shape index (κ1) is 23.9. The van der Waals surface area contributed by atoms with E-state index in [4.69, 9.17) is 4.74 Å². The number of ether oxygens (including phenoxy) is 1. The van der Waals surface area contributed by atoms with Gasteiger partial charge in [-0.1, -0.05) is 78.4 Å². The number of benzene rings is 4. The van der Waals surface area contributed by atoms with Gasteiger partial charge >= 0.3 is 5.97 Å². The number of rotatable bonds is 6. The zero-order valence-electron chi connectivity index (χ0n) is 20.3. The fourth-order valence-corrected chi connectivity index (χ4v) is 4.47. The van der Waals surface area contributed by atoms with E-state index in [0.717, 1.165) is 16.0 Å².